The molecule has 0 aromatic carbocycles. The molecule has 0 aliphatic rings. The molecule has 10 heavy (non-hydrogen) atoms. The van der Waals surface area contributed by atoms with E-state index >= 15 is 0 Å². The summed E-state index contributed by atoms with van der Waals surface area (Å²) in [5.74, 6) is 1.15. The summed E-state index contributed by atoms with van der Waals surface area (Å²) in [5.41, 5.74) is 0. The number of alkyl halides is 1. The summed E-state index contributed by atoms with van der Waals surface area (Å²) in [5, 5.41) is 8.37. The molecule has 0 aliphatic heterocycles. The van der Waals surface area contributed by atoms with Crippen LogP contribution in [0.4, 0.5) is 0 Å². The van der Waals surface area contributed by atoms with E-state index in [4.69, 9.17) is 9.68 Å². The first kappa shape index (κ1) is 7.36. The molecule has 0 aliphatic carbocycles. The zero-order valence-corrected chi connectivity index (χ0v) is 7.05. The van der Waals surface area contributed by atoms with Crippen molar-refractivity contribution in [2.24, 2.45) is 0 Å². The lowest BCUT2D eigenvalue weighted by atomic mass is 10.4. The van der Waals surface area contributed by atoms with Gasteiger partial charge in [0.1, 0.15) is 11.8 Å². The van der Waals surface area contributed by atoms with E-state index < -0.39 is 0 Å². The molecule has 0 saturated heterocycles. The van der Waals surface area contributed by atoms with Gasteiger partial charge in [-0.25, -0.2) is 0 Å². The summed E-state index contributed by atoms with van der Waals surface area (Å²) in [6.07, 6.45) is 0. The van der Waals surface area contributed by atoms with Crippen molar-refractivity contribution in [2.45, 2.75) is 11.8 Å². The number of hydrogen-bond donors (Lipinski definition) is 0. The van der Waals surface area contributed by atoms with Crippen LogP contribution in [0.25, 0.3) is 0 Å². The molecule has 1 atom stereocenters. The Morgan fingerprint density at radius 3 is 2.70 bits per heavy atom. The Bertz CT molecular complexity index is 259. The molecule has 1 unspecified atom stereocenters. The second kappa shape index (κ2) is 2.89. The Balaban J connectivity index is 2.91. The third kappa shape index (κ3) is 1.39. The Morgan fingerprint density at radius 2 is 2.40 bits per heavy atom. The SMILES string of the molecule is CC(Br)c1ccc(C#N)o1. The van der Waals surface area contributed by atoms with Gasteiger partial charge < -0.3 is 4.42 Å². The van der Waals surface area contributed by atoms with Crippen LogP contribution < -0.4 is 0 Å². The molecule has 0 saturated carbocycles. The summed E-state index contributed by atoms with van der Waals surface area (Å²) in [6, 6.07) is 5.36. The monoisotopic (exact) mass is 199 g/mol. The standard InChI is InChI=1S/C7H6BrNO/c1-5(8)7-3-2-6(4-9)10-7/h2-3,5H,1H3. The van der Waals surface area contributed by atoms with Gasteiger partial charge >= 0.3 is 0 Å². The van der Waals surface area contributed by atoms with E-state index in [-0.39, 0.29) is 4.83 Å². The highest BCUT2D eigenvalue weighted by Crippen LogP contribution is 2.22. The molecular weight excluding hydrogens is 194 g/mol. The van der Waals surface area contributed by atoms with Crippen molar-refractivity contribution >= 4 is 15.9 Å². The van der Waals surface area contributed by atoms with Crippen LogP contribution in [0.1, 0.15) is 23.3 Å². The van der Waals surface area contributed by atoms with Crippen molar-refractivity contribution in [3.05, 3.63) is 23.7 Å². The van der Waals surface area contributed by atoms with Crippen molar-refractivity contribution in [2.75, 3.05) is 0 Å². The van der Waals surface area contributed by atoms with Crippen LogP contribution in [0.5, 0.6) is 0 Å². The lowest BCUT2D eigenvalue weighted by Gasteiger charge is -1.93. The first-order chi connectivity index (χ1) is 4.74. The maximum Gasteiger partial charge on any atom is 0.203 e. The van der Waals surface area contributed by atoms with E-state index in [9.17, 15) is 0 Å². The van der Waals surface area contributed by atoms with E-state index in [0.29, 0.717) is 5.76 Å². The fraction of sp³-hybridized carbons (Fsp3) is 0.286. The van der Waals surface area contributed by atoms with Gasteiger partial charge in [0.25, 0.3) is 0 Å². The number of halogens is 1. The van der Waals surface area contributed by atoms with Crippen LogP contribution in [0.15, 0.2) is 16.5 Å². The van der Waals surface area contributed by atoms with Gasteiger partial charge in [0, 0.05) is 0 Å². The minimum atomic E-state index is 0.176. The van der Waals surface area contributed by atoms with Crippen LogP contribution >= 0.6 is 15.9 Å². The molecule has 3 heteroatoms. The topological polar surface area (TPSA) is 36.9 Å². The van der Waals surface area contributed by atoms with Crippen molar-refractivity contribution in [1.29, 1.82) is 5.26 Å². The van der Waals surface area contributed by atoms with Crippen LogP contribution in [-0.4, -0.2) is 0 Å². The van der Waals surface area contributed by atoms with Gasteiger partial charge in [0.2, 0.25) is 5.76 Å². The summed E-state index contributed by atoms with van der Waals surface area (Å²) >= 11 is 3.32. The average Bonchev–Trinajstić information content (AvgIpc) is 2.34. The number of furan rings is 1. The molecule has 0 fully saturated rings. The zero-order valence-electron chi connectivity index (χ0n) is 5.47. The van der Waals surface area contributed by atoms with Crippen LogP contribution in [0, 0.1) is 11.3 Å². The maximum atomic E-state index is 8.37. The fourth-order valence-electron chi connectivity index (χ4n) is 0.627. The summed E-state index contributed by atoms with van der Waals surface area (Å²) in [7, 11) is 0. The lowest BCUT2D eigenvalue weighted by Crippen LogP contribution is -1.75. The molecule has 1 heterocycles. The van der Waals surface area contributed by atoms with Crippen LogP contribution in [-0.2, 0) is 0 Å². The molecule has 0 amide bonds. The zero-order chi connectivity index (χ0) is 7.56. The van der Waals surface area contributed by atoms with E-state index in [1.165, 1.54) is 0 Å². The molecule has 0 N–H and O–H groups in total. The van der Waals surface area contributed by atoms with Crippen molar-refractivity contribution in [1.82, 2.24) is 0 Å². The van der Waals surface area contributed by atoms with Gasteiger partial charge in [-0.15, -0.1) is 0 Å². The normalized spacial score (nSPS) is 12.5. The molecule has 2 nitrogen and oxygen atoms in total. The Hall–Kier alpha value is -0.750. The first-order valence-corrected chi connectivity index (χ1v) is 3.79. The summed E-state index contributed by atoms with van der Waals surface area (Å²) < 4.78 is 5.09. The van der Waals surface area contributed by atoms with Gasteiger partial charge in [0.15, 0.2) is 0 Å². The highest BCUT2D eigenvalue weighted by Gasteiger charge is 2.05. The number of nitriles is 1. The molecule has 1 aromatic heterocycles. The fourth-order valence-corrected chi connectivity index (χ4v) is 0.873. The van der Waals surface area contributed by atoms with Gasteiger partial charge in [-0.1, -0.05) is 15.9 Å². The largest absolute Gasteiger partial charge is 0.449 e. The van der Waals surface area contributed by atoms with E-state index in [1.54, 1.807) is 12.1 Å². The maximum absolute atomic E-state index is 8.37. The Kier molecular flexibility index (Phi) is 2.13. The Morgan fingerprint density at radius 1 is 1.70 bits per heavy atom. The molecular formula is C7H6BrNO. The Labute approximate surface area is 67.6 Å². The molecule has 1 aromatic rings. The minimum absolute atomic E-state index is 0.176. The van der Waals surface area contributed by atoms with Gasteiger partial charge in [-0.2, -0.15) is 5.26 Å². The third-order valence-corrected chi connectivity index (χ3v) is 1.58. The van der Waals surface area contributed by atoms with Crippen molar-refractivity contribution in [3.8, 4) is 6.07 Å². The van der Waals surface area contributed by atoms with Gasteiger partial charge in [-0.05, 0) is 19.1 Å². The van der Waals surface area contributed by atoms with Crippen molar-refractivity contribution in [3.63, 3.8) is 0 Å². The summed E-state index contributed by atoms with van der Waals surface area (Å²) in [6.45, 7) is 1.94. The van der Waals surface area contributed by atoms with Crippen LogP contribution in [0.3, 0.4) is 0 Å². The molecule has 0 spiro atoms. The molecule has 0 bridgehead atoms. The second-order valence-corrected chi connectivity index (χ2v) is 3.30. The molecule has 1 rings (SSSR count). The predicted octanol–water partition coefficient (Wildman–Crippen LogP) is 2.61. The van der Waals surface area contributed by atoms with Crippen LogP contribution in [0.2, 0.25) is 0 Å². The van der Waals surface area contributed by atoms with Crippen molar-refractivity contribution < 1.29 is 4.42 Å². The predicted molar refractivity (Wildman–Crippen MR) is 40.8 cm³/mol. The second-order valence-electron chi connectivity index (χ2n) is 1.93. The lowest BCUT2D eigenvalue weighted by molar-refractivity contribution is 0.503. The smallest absolute Gasteiger partial charge is 0.203 e. The average molecular weight is 200 g/mol. The van der Waals surface area contributed by atoms with Gasteiger partial charge in [0.05, 0.1) is 4.83 Å². The van der Waals surface area contributed by atoms with E-state index in [2.05, 4.69) is 15.9 Å². The molecule has 0 radical (unpaired) electrons. The quantitative estimate of drug-likeness (QED) is 0.653. The highest BCUT2D eigenvalue weighted by molar-refractivity contribution is 9.09. The number of hydrogen-bond acceptors (Lipinski definition) is 2. The van der Waals surface area contributed by atoms with E-state index in [1.807, 2.05) is 13.0 Å². The summed E-state index contributed by atoms with van der Waals surface area (Å²) in [4.78, 5) is 0.176. The highest BCUT2D eigenvalue weighted by atomic mass is 79.9. The minimum Gasteiger partial charge on any atom is -0.449 e. The number of nitrogens with zero attached hydrogens (tertiary/aromatic N) is 1. The van der Waals surface area contributed by atoms with Gasteiger partial charge in [-0.3, -0.25) is 0 Å². The number of rotatable bonds is 1. The first-order valence-electron chi connectivity index (χ1n) is 2.88. The third-order valence-electron chi connectivity index (χ3n) is 1.13. The van der Waals surface area contributed by atoms with E-state index in [0.717, 1.165) is 5.76 Å². The molecule has 52 valence electrons.